The predicted molar refractivity (Wildman–Crippen MR) is 137 cm³/mol. The summed E-state index contributed by atoms with van der Waals surface area (Å²) in [7, 11) is 1.45. The molecule has 5 aromatic rings. The molecule has 0 saturated carbocycles. The Morgan fingerprint density at radius 2 is 1.79 bits per heavy atom. The van der Waals surface area contributed by atoms with E-state index in [0.29, 0.717) is 15.8 Å². The normalized spacial score (nSPS) is 12.5. The molecule has 0 saturated heterocycles. The van der Waals surface area contributed by atoms with Crippen LogP contribution in [0.5, 0.6) is 5.75 Å². The fourth-order valence-corrected chi connectivity index (χ4v) is 4.32. The minimum atomic E-state index is -4.79. The average molecular weight is 540 g/mol. The number of alkyl halides is 3. The van der Waals surface area contributed by atoms with Crippen LogP contribution < -0.4 is 10.1 Å². The zero-order valence-corrected chi connectivity index (χ0v) is 21.0. The van der Waals surface area contributed by atoms with Gasteiger partial charge in [0.2, 0.25) is 0 Å². The molecule has 5 rings (SSSR count). The minimum absolute atomic E-state index is 0.00711. The van der Waals surface area contributed by atoms with Crippen LogP contribution in [0.3, 0.4) is 0 Å². The Hall–Kier alpha value is -4.31. The molecule has 38 heavy (non-hydrogen) atoms. The Morgan fingerprint density at radius 1 is 1.05 bits per heavy atom. The first-order chi connectivity index (χ1) is 18.2. The van der Waals surface area contributed by atoms with Crippen molar-refractivity contribution in [3.05, 3.63) is 101 Å². The van der Waals surface area contributed by atoms with Crippen LogP contribution in [-0.4, -0.2) is 32.2 Å². The Bertz CT molecular complexity index is 1630. The molecule has 0 spiro atoms. The SMILES string of the molecule is COc1cccc(-c2cc(C(F)(F)F)n3nc(C(=O)NC(C)c4cccc(-n5cccc5)c4)c(Cl)c3n2)c1. The minimum Gasteiger partial charge on any atom is -0.497 e. The maximum atomic E-state index is 14.0. The van der Waals surface area contributed by atoms with Gasteiger partial charge in [-0.2, -0.15) is 18.3 Å². The lowest BCUT2D eigenvalue weighted by Gasteiger charge is -2.15. The molecule has 1 unspecified atom stereocenters. The third-order valence-corrected chi connectivity index (χ3v) is 6.37. The maximum absolute atomic E-state index is 14.0. The molecule has 1 amide bonds. The van der Waals surface area contributed by atoms with Gasteiger partial charge < -0.3 is 14.6 Å². The number of ether oxygens (including phenoxy) is 1. The van der Waals surface area contributed by atoms with Crippen molar-refractivity contribution in [2.45, 2.75) is 19.1 Å². The number of amides is 1. The van der Waals surface area contributed by atoms with E-state index in [-0.39, 0.29) is 22.1 Å². The number of carbonyl (C=O) groups excluding carboxylic acids is 1. The number of aromatic nitrogens is 4. The number of hydrogen-bond donors (Lipinski definition) is 1. The second-order valence-corrected chi connectivity index (χ2v) is 8.91. The number of nitrogens with one attached hydrogen (secondary N) is 1. The summed E-state index contributed by atoms with van der Waals surface area (Å²) in [5.41, 5.74) is 0.313. The fraction of sp³-hybridized carbons (Fsp3) is 0.148. The van der Waals surface area contributed by atoms with Gasteiger partial charge in [-0.05, 0) is 55.0 Å². The van der Waals surface area contributed by atoms with E-state index >= 15 is 0 Å². The van der Waals surface area contributed by atoms with Gasteiger partial charge in [0.05, 0.1) is 18.8 Å². The van der Waals surface area contributed by atoms with Gasteiger partial charge in [-0.25, -0.2) is 9.50 Å². The molecule has 0 fully saturated rings. The maximum Gasteiger partial charge on any atom is 0.433 e. The summed E-state index contributed by atoms with van der Waals surface area (Å²) in [5, 5.41) is 6.40. The monoisotopic (exact) mass is 539 g/mol. The topological polar surface area (TPSA) is 73.5 Å². The number of methoxy groups -OCH3 is 1. The van der Waals surface area contributed by atoms with E-state index in [4.69, 9.17) is 16.3 Å². The van der Waals surface area contributed by atoms with E-state index in [1.807, 2.05) is 53.4 Å². The second kappa shape index (κ2) is 9.86. The van der Waals surface area contributed by atoms with E-state index in [1.54, 1.807) is 31.2 Å². The van der Waals surface area contributed by atoms with Crippen molar-refractivity contribution in [2.24, 2.45) is 0 Å². The van der Waals surface area contributed by atoms with Gasteiger partial charge in [-0.15, -0.1) is 0 Å². The van der Waals surface area contributed by atoms with Crippen LogP contribution in [0.2, 0.25) is 5.02 Å². The van der Waals surface area contributed by atoms with Gasteiger partial charge in [-0.3, -0.25) is 4.79 Å². The molecule has 0 radical (unpaired) electrons. The molecule has 2 aromatic carbocycles. The summed E-state index contributed by atoms with van der Waals surface area (Å²) in [6, 6.07) is 18.1. The first kappa shape index (κ1) is 25.3. The largest absolute Gasteiger partial charge is 0.497 e. The van der Waals surface area contributed by atoms with Gasteiger partial charge in [0.15, 0.2) is 17.0 Å². The number of rotatable bonds is 6. The molecule has 194 valence electrons. The third kappa shape index (κ3) is 4.82. The molecule has 11 heteroatoms. The third-order valence-electron chi connectivity index (χ3n) is 6.02. The van der Waals surface area contributed by atoms with E-state index in [0.717, 1.165) is 17.3 Å². The molecular formula is C27H21ClF3N5O2. The van der Waals surface area contributed by atoms with E-state index < -0.39 is 23.8 Å². The first-order valence-corrected chi connectivity index (χ1v) is 11.9. The Kier molecular flexibility index (Phi) is 6.58. The lowest BCUT2D eigenvalue weighted by molar-refractivity contribution is -0.142. The van der Waals surface area contributed by atoms with Crippen LogP contribution >= 0.6 is 11.6 Å². The van der Waals surface area contributed by atoms with Crippen molar-refractivity contribution in [1.82, 2.24) is 24.5 Å². The van der Waals surface area contributed by atoms with Crippen molar-refractivity contribution >= 4 is 23.2 Å². The molecule has 3 heterocycles. The van der Waals surface area contributed by atoms with Crippen LogP contribution in [0, 0.1) is 0 Å². The molecule has 7 nitrogen and oxygen atoms in total. The summed E-state index contributed by atoms with van der Waals surface area (Å²) in [4.78, 5) is 17.4. The number of carbonyl (C=O) groups is 1. The van der Waals surface area contributed by atoms with E-state index in [9.17, 15) is 18.0 Å². The Labute approximate surface area is 220 Å². The molecule has 0 aliphatic carbocycles. The highest BCUT2D eigenvalue weighted by Crippen LogP contribution is 2.35. The van der Waals surface area contributed by atoms with Gasteiger partial charge in [0.25, 0.3) is 5.91 Å². The standard InChI is InChI=1S/C27H21ClF3N5O2/c1-16(17-7-5-9-19(13-17)35-11-3-4-12-35)32-26(37)24-23(28)25-33-21(18-8-6-10-20(14-18)38-2)15-22(27(29,30)31)36(25)34-24/h3-16H,1-2H3,(H,32,37). The highest BCUT2D eigenvalue weighted by atomic mass is 35.5. The average Bonchev–Trinajstić information content (AvgIpc) is 3.56. The molecule has 3 aromatic heterocycles. The second-order valence-electron chi connectivity index (χ2n) is 8.53. The first-order valence-electron chi connectivity index (χ1n) is 11.5. The van der Waals surface area contributed by atoms with Crippen LogP contribution in [0.15, 0.2) is 79.1 Å². The van der Waals surface area contributed by atoms with Crippen molar-refractivity contribution in [1.29, 1.82) is 0 Å². The smallest absolute Gasteiger partial charge is 0.433 e. The van der Waals surface area contributed by atoms with Gasteiger partial charge >= 0.3 is 6.18 Å². The van der Waals surface area contributed by atoms with Gasteiger partial charge in [-0.1, -0.05) is 35.9 Å². The number of nitrogens with zero attached hydrogens (tertiary/aromatic N) is 4. The summed E-state index contributed by atoms with van der Waals surface area (Å²) in [6.45, 7) is 1.76. The van der Waals surface area contributed by atoms with Crippen LogP contribution in [0.1, 0.15) is 34.7 Å². The molecular weight excluding hydrogens is 519 g/mol. The van der Waals surface area contributed by atoms with Crippen LogP contribution in [0.25, 0.3) is 22.6 Å². The van der Waals surface area contributed by atoms with Crippen molar-refractivity contribution < 1.29 is 22.7 Å². The molecule has 0 bridgehead atoms. The van der Waals surface area contributed by atoms with Crippen molar-refractivity contribution in [3.8, 4) is 22.7 Å². The van der Waals surface area contributed by atoms with Crippen LogP contribution in [-0.2, 0) is 6.18 Å². The lowest BCUT2D eigenvalue weighted by Crippen LogP contribution is -2.27. The predicted octanol–water partition coefficient (Wildman–Crippen LogP) is 6.36. The highest BCUT2D eigenvalue weighted by Gasteiger charge is 2.37. The van der Waals surface area contributed by atoms with Crippen LogP contribution in [0.4, 0.5) is 13.2 Å². The lowest BCUT2D eigenvalue weighted by atomic mass is 10.1. The van der Waals surface area contributed by atoms with Gasteiger partial charge in [0, 0.05) is 23.6 Å². The molecule has 0 aliphatic heterocycles. The number of fused-ring (bicyclic) bond motifs is 1. The molecule has 1 atom stereocenters. The van der Waals surface area contributed by atoms with Gasteiger partial charge in [0.1, 0.15) is 10.8 Å². The van der Waals surface area contributed by atoms with Crippen molar-refractivity contribution in [2.75, 3.05) is 7.11 Å². The van der Waals surface area contributed by atoms with E-state index in [1.165, 1.54) is 7.11 Å². The number of halogens is 4. The zero-order valence-electron chi connectivity index (χ0n) is 20.2. The summed E-state index contributed by atoms with van der Waals surface area (Å²) >= 11 is 6.41. The number of benzene rings is 2. The Morgan fingerprint density at radius 3 is 2.50 bits per heavy atom. The summed E-state index contributed by atoms with van der Waals surface area (Å²) in [6.07, 6.45) is -1.00. The van der Waals surface area contributed by atoms with E-state index in [2.05, 4.69) is 15.4 Å². The quantitative estimate of drug-likeness (QED) is 0.272. The summed E-state index contributed by atoms with van der Waals surface area (Å²) in [5.74, 6) is -0.275. The van der Waals surface area contributed by atoms with Crippen molar-refractivity contribution in [3.63, 3.8) is 0 Å². The zero-order chi connectivity index (χ0) is 27.0. The highest BCUT2D eigenvalue weighted by molar-refractivity contribution is 6.36. The Balaban J connectivity index is 1.51. The molecule has 1 N–H and O–H groups in total. The number of hydrogen-bond acceptors (Lipinski definition) is 4. The molecule has 0 aliphatic rings. The fourth-order valence-electron chi connectivity index (χ4n) is 4.08. The summed E-state index contributed by atoms with van der Waals surface area (Å²) < 4.78 is 49.7.